The van der Waals surface area contributed by atoms with Gasteiger partial charge in [-0.15, -0.1) is 0 Å². The molecule has 2 N–H and O–H groups in total. The number of ether oxygens (including phenoxy) is 1. The molecule has 0 bridgehead atoms. The van der Waals surface area contributed by atoms with Crippen LogP contribution in [0.1, 0.15) is 34.0 Å². The number of aryl methyl sites for hydroxylation is 1. The minimum Gasteiger partial charge on any atom is -0.496 e. The Bertz CT molecular complexity index is 1170. The number of methoxy groups -OCH3 is 1. The third-order valence-electron chi connectivity index (χ3n) is 5.51. The molecule has 2 amide bonds. The van der Waals surface area contributed by atoms with Gasteiger partial charge in [0.1, 0.15) is 10.9 Å². The lowest BCUT2D eigenvalue weighted by atomic mass is 9.99. The number of benzene rings is 2. The number of carboxylic acids is 1. The van der Waals surface area contributed by atoms with Crippen LogP contribution in [-0.2, 0) is 19.9 Å². The number of urea groups is 1. The molecule has 0 aliphatic carbocycles. The van der Waals surface area contributed by atoms with Crippen molar-refractivity contribution in [2.45, 2.75) is 25.8 Å². The zero-order valence-electron chi connectivity index (χ0n) is 18.9. The Morgan fingerprint density at radius 2 is 1.94 bits per heavy atom. The largest absolute Gasteiger partial charge is 0.496 e. The van der Waals surface area contributed by atoms with E-state index in [0.717, 1.165) is 27.6 Å². The minimum atomic E-state index is -1.00. The molecule has 1 heterocycles. The van der Waals surface area contributed by atoms with Crippen molar-refractivity contribution >= 4 is 34.5 Å². The summed E-state index contributed by atoms with van der Waals surface area (Å²) in [6.45, 7) is 1.97. The van der Waals surface area contributed by atoms with Gasteiger partial charge in [0.15, 0.2) is 0 Å². The summed E-state index contributed by atoms with van der Waals surface area (Å²) in [4.78, 5) is 24.7. The second-order valence-corrected chi connectivity index (χ2v) is 8.50. The van der Waals surface area contributed by atoms with Crippen LogP contribution in [0.15, 0.2) is 36.4 Å². The number of halogens is 1. The first-order valence-corrected chi connectivity index (χ1v) is 10.6. The molecule has 2 aromatic carbocycles. The Morgan fingerprint density at radius 1 is 1.22 bits per heavy atom. The highest BCUT2D eigenvalue weighted by Crippen LogP contribution is 2.34. The van der Waals surface area contributed by atoms with E-state index in [-0.39, 0.29) is 17.6 Å². The molecular weight excluding hydrogens is 430 g/mol. The second-order valence-electron chi connectivity index (χ2n) is 8.14. The highest BCUT2D eigenvalue weighted by atomic mass is 35.5. The molecule has 7 nitrogen and oxygen atoms in total. The van der Waals surface area contributed by atoms with E-state index in [9.17, 15) is 14.7 Å². The van der Waals surface area contributed by atoms with Gasteiger partial charge in [-0.2, -0.15) is 0 Å². The maximum absolute atomic E-state index is 11.9. The number of aromatic carboxylic acids is 1. The molecule has 170 valence electrons. The predicted molar refractivity (Wildman–Crippen MR) is 126 cm³/mol. The molecule has 8 heteroatoms. The number of hydrogen-bond acceptors (Lipinski definition) is 3. The Kier molecular flexibility index (Phi) is 6.99. The summed E-state index contributed by atoms with van der Waals surface area (Å²) >= 11 is 6.69. The summed E-state index contributed by atoms with van der Waals surface area (Å²) in [6, 6.07) is 10.9. The quantitative estimate of drug-likeness (QED) is 0.553. The monoisotopic (exact) mass is 457 g/mol. The van der Waals surface area contributed by atoms with Crippen LogP contribution in [0.4, 0.5) is 4.79 Å². The van der Waals surface area contributed by atoms with Crippen molar-refractivity contribution in [2.24, 2.45) is 7.05 Å². The molecule has 0 saturated heterocycles. The van der Waals surface area contributed by atoms with E-state index in [2.05, 4.69) is 11.4 Å². The van der Waals surface area contributed by atoms with E-state index < -0.39 is 5.97 Å². The molecular formula is C24H28ClN3O4. The predicted octanol–water partition coefficient (Wildman–Crippen LogP) is 4.33. The average molecular weight is 458 g/mol. The van der Waals surface area contributed by atoms with Gasteiger partial charge in [-0.3, -0.25) is 0 Å². The van der Waals surface area contributed by atoms with Crippen molar-refractivity contribution in [3.05, 3.63) is 63.8 Å². The number of amides is 2. The van der Waals surface area contributed by atoms with Crippen LogP contribution in [-0.4, -0.2) is 53.8 Å². The third kappa shape index (κ3) is 4.83. The fraction of sp³-hybridized carbons (Fsp3) is 0.333. The highest BCUT2D eigenvalue weighted by molar-refractivity contribution is 6.32. The van der Waals surface area contributed by atoms with Crippen molar-refractivity contribution < 1.29 is 19.4 Å². The smallest absolute Gasteiger partial charge is 0.335 e. The summed E-state index contributed by atoms with van der Waals surface area (Å²) < 4.78 is 7.38. The van der Waals surface area contributed by atoms with Crippen LogP contribution in [0.3, 0.4) is 0 Å². The van der Waals surface area contributed by atoms with Crippen LogP contribution in [0.2, 0.25) is 5.15 Å². The number of carbonyl (C=O) groups excluding carboxylic acids is 1. The maximum atomic E-state index is 11.9. The van der Waals surface area contributed by atoms with Gasteiger partial charge in [0.2, 0.25) is 0 Å². The zero-order valence-corrected chi connectivity index (χ0v) is 19.7. The highest BCUT2D eigenvalue weighted by Gasteiger charge is 2.18. The lowest BCUT2D eigenvalue weighted by molar-refractivity contribution is 0.0696. The molecule has 0 fully saturated rings. The van der Waals surface area contributed by atoms with E-state index in [4.69, 9.17) is 16.3 Å². The molecule has 0 aliphatic rings. The Hall–Kier alpha value is -3.19. The summed E-state index contributed by atoms with van der Waals surface area (Å²) in [6.07, 6.45) is 1.17. The molecule has 3 rings (SSSR count). The van der Waals surface area contributed by atoms with Gasteiger partial charge in [0.05, 0.1) is 12.7 Å². The topological polar surface area (TPSA) is 83.8 Å². The summed E-state index contributed by atoms with van der Waals surface area (Å²) in [5, 5.41) is 13.9. The number of nitrogens with zero attached hydrogens (tertiary/aromatic N) is 2. The molecule has 32 heavy (non-hydrogen) atoms. The number of aromatic nitrogens is 1. The van der Waals surface area contributed by atoms with Gasteiger partial charge in [-0.1, -0.05) is 23.7 Å². The summed E-state index contributed by atoms with van der Waals surface area (Å²) in [5.74, 6) is -0.493. The van der Waals surface area contributed by atoms with Crippen molar-refractivity contribution in [3.8, 4) is 5.75 Å². The van der Waals surface area contributed by atoms with E-state index in [1.54, 1.807) is 26.2 Å². The number of nitrogens with one attached hydrogen (secondary N) is 1. The maximum Gasteiger partial charge on any atom is 0.335 e. The molecule has 3 aromatic rings. The zero-order chi connectivity index (χ0) is 23.6. The van der Waals surface area contributed by atoms with E-state index >= 15 is 0 Å². The van der Waals surface area contributed by atoms with Crippen molar-refractivity contribution in [1.82, 2.24) is 14.8 Å². The molecule has 1 aromatic heterocycles. The fourth-order valence-corrected chi connectivity index (χ4v) is 4.05. The average Bonchev–Trinajstić information content (AvgIpc) is 2.98. The van der Waals surface area contributed by atoms with Crippen molar-refractivity contribution in [1.29, 1.82) is 0 Å². The molecule has 1 unspecified atom stereocenters. The van der Waals surface area contributed by atoms with E-state index in [0.29, 0.717) is 23.7 Å². The first kappa shape index (κ1) is 23.5. The van der Waals surface area contributed by atoms with Crippen LogP contribution < -0.4 is 10.1 Å². The van der Waals surface area contributed by atoms with Gasteiger partial charge in [0, 0.05) is 50.1 Å². The first-order chi connectivity index (χ1) is 15.1. The van der Waals surface area contributed by atoms with Crippen LogP contribution >= 0.6 is 11.6 Å². The number of carbonyl (C=O) groups is 2. The Labute approximate surface area is 192 Å². The van der Waals surface area contributed by atoms with Crippen molar-refractivity contribution in [3.63, 3.8) is 0 Å². The SMILES string of the molecule is COc1cc(C(=O)O)ccc1Cc1c(Cl)n(C)c2ccc(CC(C)NC(=O)N(C)C)cc12. The minimum absolute atomic E-state index is 0.0337. The van der Waals surface area contributed by atoms with Gasteiger partial charge < -0.3 is 24.6 Å². The van der Waals surface area contributed by atoms with Crippen LogP contribution in [0.5, 0.6) is 5.75 Å². The van der Waals surface area contributed by atoms with Crippen LogP contribution in [0, 0.1) is 0 Å². The fourth-order valence-electron chi connectivity index (χ4n) is 3.79. The third-order valence-corrected chi connectivity index (χ3v) is 5.99. The van der Waals surface area contributed by atoms with Crippen LogP contribution in [0.25, 0.3) is 10.9 Å². The lowest BCUT2D eigenvalue weighted by Crippen LogP contribution is -2.40. The summed E-state index contributed by atoms with van der Waals surface area (Å²) in [5.41, 5.74) is 4.05. The van der Waals surface area contributed by atoms with Gasteiger partial charge in [-0.05, 0) is 48.7 Å². The number of rotatable bonds is 7. The number of hydrogen-bond donors (Lipinski definition) is 2. The standard InChI is InChI=1S/C24H28ClN3O4/c1-14(26-24(31)27(2)3)10-15-6-9-20-18(11-15)19(22(25)28(20)4)12-16-7-8-17(23(29)30)13-21(16)32-5/h6-9,11,13-14H,10,12H2,1-5H3,(H,26,31)(H,29,30). The molecule has 0 aliphatic heterocycles. The van der Waals surface area contributed by atoms with Crippen molar-refractivity contribution in [2.75, 3.05) is 21.2 Å². The lowest BCUT2D eigenvalue weighted by Gasteiger charge is -2.18. The second kappa shape index (κ2) is 9.53. The molecule has 0 spiro atoms. The number of carboxylic acid groups (broad SMARTS) is 1. The van der Waals surface area contributed by atoms with E-state index in [1.165, 1.54) is 18.1 Å². The summed E-state index contributed by atoms with van der Waals surface area (Å²) in [7, 11) is 6.86. The molecule has 0 saturated carbocycles. The van der Waals surface area contributed by atoms with Gasteiger partial charge >= 0.3 is 12.0 Å². The first-order valence-electron chi connectivity index (χ1n) is 10.3. The Balaban J connectivity index is 1.95. The molecule has 1 atom stereocenters. The normalized spacial score (nSPS) is 11.9. The van der Waals surface area contributed by atoms with Gasteiger partial charge in [-0.25, -0.2) is 9.59 Å². The Morgan fingerprint density at radius 3 is 2.56 bits per heavy atom. The van der Waals surface area contributed by atoms with E-state index in [1.807, 2.05) is 30.7 Å². The van der Waals surface area contributed by atoms with Gasteiger partial charge in [0.25, 0.3) is 0 Å². The molecule has 0 radical (unpaired) electrons. The number of fused-ring (bicyclic) bond motifs is 1.